The normalized spacial score (nSPS) is 17.0. The molecule has 1 aromatic heterocycles. The van der Waals surface area contributed by atoms with Crippen LogP contribution in [-0.2, 0) is 6.42 Å². The van der Waals surface area contributed by atoms with Crippen LogP contribution in [0.4, 0.5) is 5.69 Å². The van der Waals surface area contributed by atoms with Crippen LogP contribution in [0, 0.1) is 0 Å². The minimum absolute atomic E-state index is 0.967. The number of hydrogen-bond acceptors (Lipinski definition) is 2. The molecule has 2 heterocycles. The fourth-order valence-corrected chi connectivity index (χ4v) is 4.18. The first-order valence-electron chi connectivity index (χ1n) is 8.41. The molecule has 0 radical (unpaired) electrons. The zero-order valence-corrected chi connectivity index (χ0v) is 13.1. The Kier molecular flexibility index (Phi) is 2.22. The number of fused-ring (bicyclic) bond motifs is 6. The van der Waals surface area contributed by atoms with Crippen molar-refractivity contribution in [2.24, 2.45) is 4.99 Å². The van der Waals surface area contributed by atoms with Gasteiger partial charge in [0.15, 0.2) is 0 Å². The Morgan fingerprint density at radius 1 is 0.917 bits per heavy atom. The van der Waals surface area contributed by atoms with E-state index < -0.39 is 0 Å². The molecule has 0 N–H and O–H groups in total. The van der Waals surface area contributed by atoms with Crippen molar-refractivity contribution >= 4 is 44.7 Å². The van der Waals surface area contributed by atoms with Crippen LogP contribution in [0.15, 0.2) is 59.6 Å². The summed E-state index contributed by atoms with van der Waals surface area (Å²) in [6, 6.07) is 10.9. The number of rotatable bonds is 0. The van der Waals surface area contributed by atoms with Gasteiger partial charge in [-0.1, -0.05) is 36.4 Å². The summed E-state index contributed by atoms with van der Waals surface area (Å²) in [6.07, 6.45) is 12.9. The van der Waals surface area contributed by atoms with Gasteiger partial charge in [-0.05, 0) is 48.1 Å². The largest absolute Gasteiger partial charge is 0.248 e. The molecule has 2 aromatic carbocycles. The summed E-state index contributed by atoms with van der Waals surface area (Å²) in [4.78, 5) is 9.87. The molecule has 24 heavy (non-hydrogen) atoms. The second-order valence-electron chi connectivity index (χ2n) is 6.55. The lowest BCUT2D eigenvalue weighted by molar-refractivity contribution is 1.26. The molecule has 2 aliphatic carbocycles. The van der Waals surface area contributed by atoms with Gasteiger partial charge in [-0.15, -0.1) is 0 Å². The number of hydrogen-bond donors (Lipinski definition) is 0. The van der Waals surface area contributed by atoms with Gasteiger partial charge in [0, 0.05) is 21.9 Å². The third kappa shape index (κ3) is 1.46. The highest BCUT2D eigenvalue weighted by Gasteiger charge is 2.25. The number of aliphatic imine (C=N–C) groups is 1. The van der Waals surface area contributed by atoms with E-state index in [-0.39, 0.29) is 0 Å². The Morgan fingerprint density at radius 2 is 1.92 bits per heavy atom. The van der Waals surface area contributed by atoms with Crippen molar-refractivity contribution in [2.75, 3.05) is 0 Å². The van der Waals surface area contributed by atoms with Crippen LogP contribution < -0.4 is 0 Å². The summed E-state index contributed by atoms with van der Waals surface area (Å²) < 4.78 is 0. The van der Waals surface area contributed by atoms with Crippen LogP contribution in [0.3, 0.4) is 0 Å². The van der Waals surface area contributed by atoms with Gasteiger partial charge < -0.3 is 0 Å². The predicted molar refractivity (Wildman–Crippen MR) is 101 cm³/mol. The molecule has 0 fully saturated rings. The van der Waals surface area contributed by atoms with Crippen LogP contribution in [-0.4, -0.2) is 10.7 Å². The van der Waals surface area contributed by atoms with Crippen LogP contribution in [0.25, 0.3) is 33.3 Å². The quantitative estimate of drug-likeness (QED) is 0.511. The molecule has 112 valence electrons. The van der Waals surface area contributed by atoms with Gasteiger partial charge in [-0.2, -0.15) is 0 Å². The fraction of sp³-hybridized carbons (Fsp3) is 0.0909. The van der Waals surface area contributed by atoms with Crippen LogP contribution >= 0.6 is 0 Å². The summed E-state index contributed by atoms with van der Waals surface area (Å²) in [5, 5.41) is 3.85. The summed E-state index contributed by atoms with van der Waals surface area (Å²) in [7, 11) is 0. The van der Waals surface area contributed by atoms with E-state index in [0.29, 0.717) is 0 Å². The van der Waals surface area contributed by atoms with Gasteiger partial charge in [-0.25, -0.2) is 9.98 Å². The maximum Gasteiger partial charge on any atom is 0.0816 e. The van der Waals surface area contributed by atoms with Crippen molar-refractivity contribution in [1.29, 1.82) is 0 Å². The standard InChI is InChI=1S/C22H14N2/c1-2-9-17-16(7-1)21-19(23-17)12-11-15-14-8-3-5-13-6-4-10-18(20(13)14)24-22(15)21/h2-5,7-12H,1,6H2. The van der Waals surface area contributed by atoms with E-state index in [1.807, 2.05) is 0 Å². The second kappa shape index (κ2) is 4.30. The minimum atomic E-state index is 0.967. The predicted octanol–water partition coefficient (Wildman–Crippen LogP) is 5.39. The zero-order chi connectivity index (χ0) is 15.7. The van der Waals surface area contributed by atoms with Gasteiger partial charge in [-0.3, -0.25) is 0 Å². The molecule has 2 nitrogen and oxygen atoms in total. The van der Waals surface area contributed by atoms with Crippen LogP contribution in [0.5, 0.6) is 0 Å². The second-order valence-corrected chi connectivity index (χ2v) is 6.55. The third-order valence-electron chi connectivity index (χ3n) is 5.22. The molecule has 0 bridgehead atoms. The van der Waals surface area contributed by atoms with Crippen molar-refractivity contribution in [3.05, 3.63) is 71.5 Å². The van der Waals surface area contributed by atoms with E-state index in [1.54, 1.807) is 0 Å². The molecule has 2 heteroatoms. The molecule has 3 aliphatic rings. The van der Waals surface area contributed by atoms with Crippen molar-refractivity contribution in [2.45, 2.75) is 12.8 Å². The Morgan fingerprint density at radius 3 is 2.92 bits per heavy atom. The Balaban J connectivity index is 1.80. The molecule has 0 unspecified atom stereocenters. The summed E-state index contributed by atoms with van der Waals surface area (Å²) in [5.41, 5.74) is 8.11. The summed E-state index contributed by atoms with van der Waals surface area (Å²) in [6.45, 7) is 0. The molecule has 1 aliphatic heterocycles. The van der Waals surface area contributed by atoms with E-state index >= 15 is 0 Å². The Bertz CT molecular complexity index is 1190. The fourth-order valence-electron chi connectivity index (χ4n) is 4.18. The zero-order valence-electron chi connectivity index (χ0n) is 13.1. The number of nitrogens with zero attached hydrogens (tertiary/aromatic N) is 2. The molecule has 6 rings (SSSR count). The first-order valence-corrected chi connectivity index (χ1v) is 8.41. The molecule has 0 saturated carbocycles. The van der Waals surface area contributed by atoms with Crippen LogP contribution in [0.2, 0.25) is 0 Å². The van der Waals surface area contributed by atoms with E-state index in [1.165, 1.54) is 32.9 Å². The Hall–Kier alpha value is -3.00. The third-order valence-corrected chi connectivity index (χ3v) is 5.22. The first-order chi connectivity index (χ1) is 11.9. The van der Waals surface area contributed by atoms with E-state index in [9.17, 15) is 0 Å². The molecule has 0 atom stereocenters. The highest BCUT2D eigenvalue weighted by atomic mass is 14.8. The number of pyridine rings is 1. The number of aromatic nitrogens is 1. The van der Waals surface area contributed by atoms with Crippen molar-refractivity contribution in [1.82, 2.24) is 4.98 Å². The van der Waals surface area contributed by atoms with Gasteiger partial charge >= 0.3 is 0 Å². The maximum atomic E-state index is 5.07. The Labute approximate surface area is 139 Å². The number of benzene rings is 2. The molecule has 0 saturated heterocycles. The first kappa shape index (κ1) is 12.4. The molecular weight excluding hydrogens is 292 g/mol. The molecule has 3 aromatic rings. The minimum Gasteiger partial charge on any atom is -0.248 e. The van der Waals surface area contributed by atoms with Crippen molar-refractivity contribution < 1.29 is 0 Å². The summed E-state index contributed by atoms with van der Waals surface area (Å²) in [5.74, 6) is 0. The van der Waals surface area contributed by atoms with E-state index in [4.69, 9.17) is 9.98 Å². The lowest BCUT2D eigenvalue weighted by Crippen LogP contribution is -2.00. The van der Waals surface area contributed by atoms with E-state index in [2.05, 4.69) is 60.7 Å². The monoisotopic (exact) mass is 306 g/mol. The smallest absolute Gasteiger partial charge is 0.0816 e. The van der Waals surface area contributed by atoms with Crippen molar-refractivity contribution in [3.8, 4) is 0 Å². The average Bonchev–Trinajstić information content (AvgIpc) is 3.01. The molecule has 0 amide bonds. The van der Waals surface area contributed by atoms with Gasteiger partial charge in [0.2, 0.25) is 0 Å². The lowest BCUT2D eigenvalue weighted by atomic mass is 9.91. The number of allylic oxidation sites excluding steroid dienone is 5. The van der Waals surface area contributed by atoms with Gasteiger partial charge in [0.25, 0.3) is 0 Å². The lowest BCUT2D eigenvalue weighted by Gasteiger charge is -2.16. The van der Waals surface area contributed by atoms with E-state index in [0.717, 1.165) is 35.5 Å². The van der Waals surface area contributed by atoms with Gasteiger partial charge in [0.1, 0.15) is 0 Å². The summed E-state index contributed by atoms with van der Waals surface area (Å²) >= 11 is 0. The molecular formula is C22H14N2. The van der Waals surface area contributed by atoms with Gasteiger partial charge in [0.05, 0.1) is 22.6 Å². The highest BCUT2D eigenvalue weighted by Crippen LogP contribution is 2.43. The van der Waals surface area contributed by atoms with Crippen LogP contribution in [0.1, 0.15) is 23.2 Å². The highest BCUT2D eigenvalue weighted by molar-refractivity contribution is 6.37. The SMILES string of the molecule is C1=CC2=Nc3ccc4c(nc5c6c(cccc64)CC=C5)c3C2=CC1. The molecule has 0 spiro atoms. The topological polar surface area (TPSA) is 25.2 Å². The average molecular weight is 306 g/mol. The van der Waals surface area contributed by atoms with Crippen molar-refractivity contribution in [3.63, 3.8) is 0 Å². The maximum absolute atomic E-state index is 5.07.